The number of urea groups is 1. The van der Waals surface area contributed by atoms with Crippen LogP contribution in [0.25, 0.3) is 0 Å². The summed E-state index contributed by atoms with van der Waals surface area (Å²) in [5.41, 5.74) is -0.200. The normalized spacial score (nSPS) is 15.4. The van der Waals surface area contributed by atoms with Crippen molar-refractivity contribution in [3.8, 4) is 0 Å². The molecule has 5 heteroatoms. The Morgan fingerprint density at radius 3 is 1.31 bits per heavy atom. The molecule has 0 saturated carbocycles. The number of para-hydroxylation sites is 1. The second-order valence-electron chi connectivity index (χ2n) is 9.14. The molecule has 4 aromatic carbocycles. The van der Waals surface area contributed by atoms with Crippen molar-refractivity contribution in [2.75, 3.05) is 4.90 Å². The lowest BCUT2D eigenvalue weighted by atomic mass is 9.91. The predicted octanol–water partition coefficient (Wildman–Crippen LogP) is 4.68. The van der Waals surface area contributed by atoms with Crippen molar-refractivity contribution in [3.63, 3.8) is 0 Å². The Morgan fingerprint density at radius 2 is 0.944 bits per heavy atom. The van der Waals surface area contributed by atoms with Gasteiger partial charge in [-0.15, -0.1) is 0 Å². The van der Waals surface area contributed by atoms with Crippen LogP contribution in [0.2, 0.25) is 0 Å². The molecule has 0 bridgehead atoms. The monoisotopic (exact) mass is 490 g/mol. The van der Waals surface area contributed by atoms with E-state index in [9.17, 15) is 9.59 Å². The van der Waals surface area contributed by atoms with E-state index in [1.807, 2.05) is 98.8 Å². The molecule has 1 heterocycles. The van der Waals surface area contributed by atoms with Crippen molar-refractivity contribution < 1.29 is 9.59 Å². The summed E-state index contributed by atoms with van der Waals surface area (Å²) in [6.07, 6.45) is 1.06. The Morgan fingerprint density at radius 1 is 0.583 bits per heavy atom. The number of hydrogen-bond donors (Lipinski definition) is 0. The van der Waals surface area contributed by atoms with Crippen LogP contribution in [0.1, 0.15) is 26.7 Å². The summed E-state index contributed by atoms with van der Waals surface area (Å²) in [6, 6.07) is 39.7. The third-order valence-corrected chi connectivity index (χ3v) is 12.1. The molecular formula is C31H30N2O2Si. The van der Waals surface area contributed by atoms with Gasteiger partial charge in [0.15, 0.2) is 0 Å². The maximum absolute atomic E-state index is 14.7. The number of carbonyl (C=O) groups excluding carboxylic acids is 2. The molecule has 5 rings (SSSR count). The van der Waals surface area contributed by atoms with E-state index in [1.165, 1.54) is 0 Å². The van der Waals surface area contributed by atoms with E-state index in [0.29, 0.717) is 12.8 Å². The first-order valence-corrected chi connectivity index (χ1v) is 14.5. The van der Waals surface area contributed by atoms with E-state index in [0.717, 1.165) is 21.2 Å². The summed E-state index contributed by atoms with van der Waals surface area (Å²) in [5, 5.41) is 3.00. The Balaban J connectivity index is 1.87. The van der Waals surface area contributed by atoms with Crippen molar-refractivity contribution in [1.82, 2.24) is 4.57 Å². The summed E-state index contributed by atoms with van der Waals surface area (Å²) in [5.74, 6) is -0.121. The number of amides is 3. The smallest absolute Gasteiger partial charge is 0.279 e. The van der Waals surface area contributed by atoms with Gasteiger partial charge in [-0.2, -0.15) is 0 Å². The Hall–Kier alpha value is -3.96. The second-order valence-corrected chi connectivity index (χ2v) is 12.7. The first kappa shape index (κ1) is 23.8. The first-order valence-electron chi connectivity index (χ1n) is 12.5. The van der Waals surface area contributed by atoms with Gasteiger partial charge in [0.25, 0.3) is 8.24 Å². The van der Waals surface area contributed by atoms with E-state index in [1.54, 1.807) is 9.47 Å². The molecule has 0 unspecified atom stereocenters. The molecule has 4 nitrogen and oxygen atoms in total. The average molecular weight is 491 g/mol. The summed E-state index contributed by atoms with van der Waals surface area (Å²) >= 11 is 0. The fourth-order valence-electron chi connectivity index (χ4n) is 5.70. The molecule has 0 N–H and O–H groups in total. The van der Waals surface area contributed by atoms with Gasteiger partial charge in [-0.25, -0.2) is 4.79 Å². The number of nitrogens with zero attached hydrogens (tertiary/aromatic N) is 2. The van der Waals surface area contributed by atoms with Crippen LogP contribution in [0, 0.1) is 0 Å². The minimum Gasteiger partial charge on any atom is -0.279 e. The quantitative estimate of drug-likeness (QED) is 0.214. The maximum atomic E-state index is 14.7. The van der Waals surface area contributed by atoms with Crippen molar-refractivity contribution in [1.29, 1.82) is 0 Å². The summed E-state index contributed by atoms with van der Waals surface area (Å²) < 4.78 is 1.66. The van der Waals surface area contributed by atoms with E-state index < -0.39 is 13.8 Å². The van der Waals surface area contributed by atoms with Gasteiger partial charge < -0.3 is 0 Å². The van der Waals surface area contributed by atoms with Gasteiger partial charge >= 0.3 is 6.03 Å². The van der Waals surface area contributed by atoms with Crippen molar-refractivity contribution >= 4 is 41.4 Å². The molecule has 180 valence electrons. The lowest BCUT2D eigenvalue weighted by Gasteiger charge is -2.39. The Kier molecular flexibility index (Phi) is 6.33. The van der Waals surface area contributed by atoms with Crippen LogP contribution in [-0.2, 0) is 4.79 Å². The number of anilines is 1. The van der Waals surface area contributed by atoms with E-state index in [2.05, 4.69) is 36.4 Å². The van der Waals surface area contributed by atoms with Crippen LogP contribution < -0.4 is 20.5 Å². The standard InChI is InChI=1S/C31H30N2O2Si/c1-3-31(4-2)29(34)33(30(35)32(31)25-17-9-5-10-18-25)36(26-19-11-6-12-20-26,27-21-13-7-14-22-27)28-23-15-8-16-24-28/h5-24H,3-4H2,1-2H3. The second kappa shape index (κ2) is 9.59. The molecule has 0 aliphatic carbocycles. The highest BCUT2D eigenvalue weighted by molar-refractivity contribution is 7.12. The van der Waals surface area contributed by atoms with E-state index in [4.69, 9.17) is 0 Å². The lowest BCUT2D eigenvalue weighted by molar-refractivity contribution is -0.128. The molecule has 0 radical (unpaired) electrons. The average Bonchev–Trinajstić information content (AvgIpc) is 3.18. The number of benzene rings is 4. The number of rotatable bonds is 7. The highest BCUT2D eigenvalue weighted by Gasteiger charge is 2.63. The summed E-state index contributed by atoms with van der Waals surface area (Å²) in [7, 11) is -3.32. The largest absolute Gasteiger partial charge is 0.324 e. The highest BCUT2D eigenvalue weighted by atomic mass is 28.3. The van der Waals surface area contributed by atoms with Gasteiger partial charge in [0.2, 0.25) is 5.91 Å². The minimum absolute atomic E-state index is 0.121. The molecule has 0 aromatic heterocycles. The van der Waals surface area contributed by atoms with Gasteiger partial charge in [0, 0.05) is 5.69 Å². The zero-order valence-corrected chi connectivity index (χ0v) is 21.7. The molecular weight excluding hydrogens is 460 g/mol. The highest BCUT2D eigenvalue weighted by Crippen LogP contribution is 2.40. The van der Waals surface area contributed by atoms with E-state index >= 15 is 0 Å². The number of carbonyl (C=O) groups is 2. The zero-order valence-electron chi connectivity index (χ0n) is 20.7. The lowest BCUT2D eigenvalue weighted by Crippen LogP contribution is -2.78. The van der Waals surface area contributed by atoms with Gasteiger partial charge in [0.05, 0.1) is 0 Å². The van der Waals surface area contributed by atoms with Gasteiger partial charge in [0.1, 0.15) is 5.54 Å². The van der Waals surface area contributed by atoms with Crippen LogP contribution >= 0.6 is 0 Å². The molecule has 0 spiro atoms. The van der Waals surface area contributed by atoms with Gasteiger partial charge in [-0.05, 0) is 40.5 Å². The first-order chi connectivity index (χ1) is 17.6. The van der Waals surface area contributed by atoms with Gasteiger partial charge in [-0.1, -0.05) is 123 Å². The van der Waals surface area contributed by atoms with Crippen LogP contribution in [0.15, 0.2) is 121 Å². The van der Waals surface area contributed by atoms with Crippen LogP contribution in [-0.4, -0.2) is 30.3 Å². The fourth-order valence-corrected chi connectivity index (χ4v) is 10.4. The zero-order chi connectivity index (χ0) is 25.2. The van der Waals surface area contributed by atoms with Crippen LogP contribution in [0.4, 0.5) is 10.5 Å². The molecule has 3 amide bonds. The molecule has 1 aliphatic heterocycles. The fraction of sp³-hybridized carbons (Fsp3) is 0.161. The molecule has 1 aliphatic rings. The molecule has 0 atom stereocenters. The van der Waals surface area contributed by atoms with Crippen molar-refractivity contribution in [2.24, 2.45) is 0 Å². The van der Waals surface area contributed by atoms with Crippen molar-refractivity contribution in [2.45, 2.75) is 32.2 Å². The van der Waals surface area contributed by atoms with Gasteiger partial charge in [-0.3, -0.25) is 14.3 Å². The van der Waals surface area contributed by atoms with Crippen LogP contribution in [0.3, 0.4) is 0 Å². The SMILES string of the molecule is CCC1(CC)C(=O)N([Si](c2ccccc2)(c2ccccc2)c2ccccc2)C(=O)N1c1ccccc1. The predicted molar refractivity (Wildman–Crippen MR) is 148 cm³/mol. The molecule has 1 fully saturated rings. The Labute approximate surface area is 213 Å². The summed E-state index contributed by atoms with van der Waals surface area (Å²) in [4.78, 5) is 31.2. The minimum atomic E-state index is -3.32. The third kappa shape index (κ3) is 3.42. The van der Waals surface area contributed by atoms with Crippen molar-refractivity contribution in [3.05, 3.63) is 121 Å². The maximum Gasteiger partial charge on any atom is 0.324 e. The Bertz CT molecular complexity index is 1240. The topological polar surface area (TPSA) is 40.6 Å². The molecule has 1 saturated heterocycles. The summed E-state index contributed by atoms with van der Waals surface area (Å²) in [6.45, 7) is 4.01. The van der Waals surface area contributed by atoms with E-state index in [-0.39, 0.29) is 11.9 Å². The number of hydrogen-bond acceptors (Lipinski definition) is 2. The third-order valence-electron chi connectivity index (χ3n) is 7.51. The van der Waals surface area contributed by atoms with Crippen LogP contribution in [0.5, 0.6) is 0 Å². The number of imide groups is 1. The molecule has 4 aromatic rings. The molecule has 36 heavy (non-hydrogen) atoms.